The van der Waals surface area contributed by atoms with Crippen molar-refractivity contribution in [2.45, 2.75) is 142 Å². The maximum absolute atomic E-state index is 6.52. The van der Waals surface area contributed by atoms with Crippen molar-refractivity contribution in [2.24, 2.45) is 14.1 Å². The van der Waals surface area contributed by atoms with Crippen molar-refractivity contribution in [3.05, 3.63) is 71.3 Å². The third-order valence-corrected chi connectivity index (χ3v) is 9.49. The largest absolute Gasteiger partial charge is 0.493 e. The van der Waals surface area contributed by atoms with E-state index in [4.69, 9.17) is 9.47 Å². The van der Waals surface area contributed by atoms with Crippen LogP contribution in [0.4, 0.5) is 0 Å². The van der Waals surface area contributed by atoms with Crippen LogP contribution in [0.1, 0.15) is 165 Å². The Balaban J connectivity index is 1.63. The third kappa shape index (κ3) is 15.8. The van der Waals surface area contributed by atoms with Gasteiger partial charge in [0, 0.05) is 49.0 Å². The lowest BCUT2D eigenvalue weighted by Gasteiger charge is -2.16. The van der Waals surface area contributed by atoms with Crippen LogP contribution in [-0.4, -0.2) is 22.3 Å². The number of rotatable bonds is 28. The van der Waals surface area contributed by atoms with Crippen molar-refractivity contribution in [1.29, 1.82) is 0 Å². The zero-order valence-corrected chi connectivity index (χ0v) is 31.2. The minimum atomic E-state index is 0.737. The maximum atomic E-state index is 6.52. The summed E-state index contributed by atoms with van der Waals surface area (Å²) in [6.45, 7) is 6.05. The first kappa shape index (κ1) is 39.3. The zero-order valence-electron chi connectivity index (χ0n) is 31.2. The summed E-state index contributed by atoms with van der Waals surface area (Å²) in [6.07, 6.45) is 39.3. The number of aromatic nitrogens is 2. The summed E-state index contributed by atoms with van der Waals surface area (Å²) in [5, 5.41) is 0. The van der Waals surface area contributed by atoms with Gasteiger partial charge in [0.25, 0.3) is 0 Å². The second-order valence-electron chi connectivity index (χ2n) is 13.7. The average Bonchev–Trinajstić information content (AvgIpc) is 3.71. The molecule has 0 atom stereocenters. The van der Waals surface area contributed by atoms with Gasteiger partial charge in [-0.25, -0.2) is 0 Å². The van der Waals surface area contributed by atoms with E-state index in [1.807, 2.05) is 0 Å². The molecular weight excluding hydrogens is 588 g/mol. The van der Waals surface area contributed by atoms with Crippen LogP contribution in [0.15, 0.2) is 48.8 Å². The molecule has 4 nitrogen and oxygen atoms in total. The first-order valence-electron chi connectivity index (χ1n) is 19.6. The van der Waals surface area contributed by atoms with Crippen LogP contribution >= 0.6 is 0 Å². The number of aryl methyl sites for hydroxylation is 2. The van der Waals surface area contributed by atoms with Gasteiger partial charge in [0.15, 0.2) is 0 Å². The van der Waals surface area contributed by atoms with Gasteiger partial charge in [-0.05, 0) is 73.5 Å². The van der Waals surface area contributed by atoms with Crippen molar-refractivity contribution in [2.75, 3.05) is 13.2 Å². The van der Waals surface area contributed by atoms with Crippen LogP contribution in [0, 0.1) is 0 Å². The Kier molecular flexibility index (Phi) is 20.4. The van der Waals surface area contributed by atoms with Gasteiger partial charge in [-0.1, -0.05) is 129 Å². The van der Waals surface area contributed by atoms with E-state index in [1.54, 1.807) is 0 Å². The Morgan fingerprint density at radius 2 is 0.792 bits per heavy atom. The summed E-state index contributed by atoms with van der Waals surface area (Å²) in [5.74, 6) is 1.85. The molecule has 4 heteroatoms. The number of hydrogen-bond acceptors (Lipinski definition) is 2. The van der Waals surface area contributed by atoms with E-state index >= 15 is 0 Å². The molecule has 0 saturated heterocycles. The van der Waals surface area contributed by atoms with E-state index in [0.717, 1.165) is 60.1 Å². The van der Waals surface area contributed by atoms with Gasteiger partial charge in [-0.15, -0.1) is 0 Å². The van der Waals surface area contributed by atoms with Gasteiger partial charge >= 0.3 is 0 Å². The van der Waals surface area contributed by atoms with Gasteiger partial charge in [0.2, 0.25) is 0 Å². The molecule has 0 spiro atoms. The summed E-state index contributed by atoms with van der Waals surface area (Å²) in [4.78, 5) is 0. The first-order valence-corrected chi connectivity index (χ1v) is 19.6. The van der Waals surface area contributed by atoms with Crippen molar-refractivity contribution in [1.82, 2.24) is 9.13 Å². The molecule has 0 amide bonds. The molecule has 0 saturated carbocycles. The molecule has 48 heavy (non-hydrogen) atoms. The van der Waals surface area contributed by atoms with Crippen molar-refractivity contribution in [3.8, 4) is 11.5 Å². The minimum Gasteiger partial charge on any atom is -0.493 e. The molecular formula is C44H68N2O2. The number of hydrogen-bond donors (Lipinski definition) is 0. The van der Waals surface area contributed by atoms with Crippen LogP contribution in [0.3, 0.4) is 0 Å². The predicted octanol–water partition coefficient (Wildman–Crippen LogP) is 13.3. The van der Waals surface area contributed by atoms with Crippen molar-refractivity contribution < 1.29 is 9.47 Å². The lowest BCUT2D eigenvalue weighted by Crippen LogP contribution is -2.03. The number of nitrogens with zero attached hydrogens (tertiary/aromatic N) is 2. The topological polar surface area (TPSA) is 28.3 Å². The highest BCUT2D eigenvalue weighted by Gasteiger charge is 2.11. The molecule has 3 aromatic rings. The number of unbranched alkanes of at least 4 members (excludes halogenated alkanes) is 18. The molecule has 0 N–H and O–H groups in total. The van der Waals surface area contributed by atoms with Crippen LogP contribution in [0.25, 0.3) is 24.3 Å². The van der Waals surface area contributed by atoms with Gasteiger partial charge in [-0.3, -0.25) is 0 Å². The van der Waals surface area contributed by atoms with E-state index < -0.39 is 0 Å². The van der Waals surface area contributed by atoms with Crippen LogP contribution < -0.4 is 9.47 Å². The Labute approximate surface area is 294 Å². The van der Waals surface area contributed by atoms with E-state index in [9.17, 15) is 0 Å². The summed E-state index contributed by atoms with van der Waals surface area (Å²) in [6, 6.07) is 12.8. The van der Waals surface area contributed by atoms with Crippen LogP contribution in [0.2, 0.25) is 0 Å². The highest BCUT2D eigenvalue weighted by atomic mass is 16.5. The van der Waals surface area contributed by atoms with Crippen LogP contribution in [0.5, 0.6) is 11.5 Å². The van der Waals surface area contributed by atoms with Crippen molar-refractivity contribution >= 4 is 24.3 Å². The van der Waals surface area contributed by atoms with Crippen LogP contribution in [-0.2, 0) is 14.1 Å². The minimum absolute atomic E-state index is 0.737. The average molecular weight is 657 g/mol. The van der Waals surface area contributed by atoms with Gasteiger partial charge in [0.05, 0.1) is 13.2 Å². The molecule has 3 rings (SSSR count). The van der Waals surface area contributed by atoms with Gasteiger partial charge in [0.1, 0.15) is 11.5 Å². The molecule has 0 aliphatic rings. The Hall–Kier alpha value is -3.14. The molecule has 0 bridgehead atoms. The Bertz CT molecular complexity index is 1200. The second-order valence-corrected chi connectivity index (χ2v) is 13.7. The van der Waals surface area contributed by atoms with Gasteiger partial charge in [-0.2, -0.15) is 0 Å². The number of benzene rings is 1. The molecule has 0 aliphatic heterocycles. The zero-order chi connectivity index (χ0) is 34.1. The maximum Gasteiger partial charge on any atom is 0.127 e. The first-order chi connectivity index (χ1) is 23.6. The Morgan fingerprint density at radius 1 is 0.458 bits per heavy atom. The molecule has 2 aromatic heterocycles. The molecule has 0 radical (unpaired) electrons. The third-order valence-electron chi connectivity index (χ3n) is 9.49. The molecule has 0 fully saturated rings. The number of ether oxygens (including phenoxy) is 2. The highest BCUT2D eigenvalue weighted by Crippen LogP contribution is 2.33. The molecule has 2 heterocycles. The van der Waals surface area contributed by atoms with Crippen molar-refractivity contribution in [3.63, 3.8) is 0 Å². The van der Waals surface area contributed by atoms with E-state index in [2.05, 4.69) is 110 Å². The summed E-state index contributed by atoms with van der Waals surface area (Å²) >= 11 is 0. The fourth-order valence-electron chi connectivity index (χ4n) is 6.29. The normalized spacial score (nSPS) is 11.8. The monoisotopic (exact) mass is 657 g/mol. The lowest BCUT2D eigenvalue weighted by atomic mass is 10.1. The molecule has 0 unspecified atom stereocenters. The standard InChI is InChI=1S/C44H68N2O2/c1-5-7-9-11-13-15-17-19-21-23-35-47-43-37-40(30-32-42-28-26-34-46(42)4)44(38-39(43)29-31-41-27-25-33-45(41)3)48-36-24-22-20-18-16-14-12-10-8-6-2/h25-34,37-38H,5-24,35-36H2,1-4H3/b31-29+,32-30+. The SMILES string of the molecule is CCCCCCCCCCCCOc1cc(/C=C/c2cccn2C)c(OCCCCCCCCCCCC)cc1/C=C/c1cccn1C. The van der Waals surface area contributed by atoms with Gasteiger partial charge < -0.3 is 18.6 Å². The van der Waals surface area contributed by atoms with E-state index in [1.165, 1.54) is 116 Å². The summed E-state index contributed by atoms with van der Waals surface area (Å²) in [7, 11) is 4.17. The summed E-state index contributed by atoms with van der Waals surface area (Å²) < 4.78 is 17.3. The molecule has 266 valence electrons. The molecule has 1 aromatic carbocycles. The predicted molar refractivity (Wildman–Crippen MR) is 210 cm³/mol. The lowest BCUT2D eigenvalue weighted by molar-refractivity contribution is 0.295. The second kappa shape index (κ2) is 24.9. The highest BCUT2D eigenvalue weighted by molar-refractivity contribution is 5.78. The van der Waals surface area contributed by atoms with E-state index in [0.29, 0.717) is 0 Å². The fourth-order valence-corrected chi connectivity index (χ4v) is 6.29. The fraction of sp³-hybridized carbons (Fsp3) is 0.591. The molecule has 0 aliphatic carbocycles. The smallest absolute Gasteiger partial charge is 0.127 e. The quantitative estimate of drug-likeness (QED) is 0.0728. The summed E-state index contributed by atoms with van der Waals surface area (Å²) in [5.41, 5.74) is 4.46. The van der Waals surface area contributed by atoms with E-state index in [-0.39, 0.29) is 0 Å². The Morgan fingerprint density at radius 3 is 1.10 bits per heavy atom.